The third-order valence-electron chi connectivity index (χ3n) is 3.22. The van der Waals surface area contributed by atoms with Crippen molar-refractivity contribution in [2.45, 2.75) is 30.2 Å². The van der Waals surface area contributed by atoms with Gasteiger partial charge in [-0.3, -0.25) is 4.79 Å². The second kappa shape index (κ2) is 5.67. The van der Waals surface area contributed by atoms with Crippen molar-refractivity contribution in [1.29, 1.82) is 0 Å². The first-order valence-corrected chi connectivity index (χ1v) is 7.85. The summed E-state index contributed by atoms with van der Waals surface area (Å²) < 4.78 is 39.5. The third kappa shape index (κ3) is 2.79. The topological polar surface area (TPSA) is 74.7 Å². The van der Waals surface area contributed by atoms with Crippen LogP contribution in [0.15, 0.2) is 23.1 Å². The SMILES string of the molecule is O=C(O)[C@H]1CCCCN1S(=O)(=O)c1ccc(Cl)cc1F. The minimum atomic E-state index is -4.18. The Labute approximate surface area is 121 Å². The summed E-state index contributed by atoms with van der Waals surface area (Å²) >= 11 is 5.59. The molecule has 1 aliphatic heterocycles. The van der Waals surface area contributed by atoms with Gasteiger partial charge >= 0.3 is 5.97 Å². The van der Waals surface area contributed by atoms with Crippen molar-refractivity contribution in [3.05, 3.63) is 29.0 Å². The Balaban J connectivity index is 2.45. The minimum Gasteiger partial charge on any atom is -0.480 e. The molecule has 20 heavy (non-hydrogen) atoms. The predicted octanol–water partition coefficient (Wildman–Crippen LogP) is 2.11. The van der Waals surface area contributed by atoms with Gasteiger partial charge < -0.3 is 5.11 Å². The average Bonchev–Trinajstić information content (AvgIpc) is 2.38. The van der Waals surface area contributed by atoms with Crippen LogP contribution in [0.25, 0.3) is 0 Å². The summed E-state index contributed by atoms with van der Waals surface area (Å²) in [6.45, 7) is 0.0708. The summed E-state index contributed by atoms with van der Waals surface area (Å²) in [6, 6.07) is 2.06. The fourth-order valence-corrected chi connectivity index (χ4v) is 4.11. The number of carbonyl (C=O) groups is 1. The van der Waals surface area contributed by atoms with Gasteiger partial charge in [0.05, 0.1) is 0 Å². The molecule has 1 heterocycles. The Kier molecular flexibility index (Phi) is 4.31. The van der Waals surface area contributed by atoms with E-state index in [-0.39, 0.29) is 18.0 Å². The molecule has 1 aliphatic rings. The van der Waals surface area contributed by atoms with Gasteiger partial charge in [-0.25, -0.2) is 12.8 Å². The van der Waals surface area contributed by atoms with Crippen LogP contribution in [0.5, 0.6) is 0 Å². The van der Waals surface area contributed by atoms with E-state index in [2.05, 4.69) is 0 Å². The maximum absolute atomic E-state index is 13.8. The molecule has 0 bridgehead atoms. The monoisotopic (exact) mass is 321 g/mol. The number of piperidine rings is 1. The number of hydrogen-bond acceptors (Lipinski definition) is 3. The number of benzene rings is 1. The van der Waals surface area contributed by atoms with Crippen LogP contribution < -0.4 is 0 Å². The average molecular weight is 322 g/mol. The van der Waals surface area contributed by atoms with Crippen molar-refractivity contribution in [3.63, 3.8) is 0 Å². The van der Waals surface area contributed by atoms with E-state index in [0.717, 1.165) is 16.4 Å². The van der Waals surface area contributed by atoms with E-state index >= 15 is 0 Å². The highest BCUT2D eigenvalue weighted by molar-refractivity contribution is 7.89. The van der Waals surface area contributed by atoms with E-state index in [1.165, 1.54) is 6.07 Å². The number of rotatable bonds is 3. The number of halogens is 2. The number of hydrogen-bond donors (Lipinski definition) is 1. The lowest BCUT2D eigenvalue weighted by molar-refractivity contribution is -0.142. The molecule has 0 unspecified atom stereocenters. The van der Waals surface area contributed by atoms with E-state index in [4.69, 9.17) is 16.7 Å². The van der Waals surface area contributed by atoms with Gasteiger partial charge in [0.1, 0.15) is 16.8 Å². The van der Waals surface area contributed by atoms with Crippen molar-refractivity contribution in [1.82, 2.24) is 4.31 Å². The Morgan fingerprint density at radius 2 is 2.10 bits per heavy atom. The van der Waals surface area contributed by atoms with Crippen LogP contribution in [0.2, 0.25) is 5.02 Å². The first-order valence-electron chi connectivity index (χ1n) is 6.04. The largest absolute Gasteiger partial charge is 0.480 e. The van der Waals surface area contributed by atoms with Gasteiger partial charge in [0.25, 0.3) is 0 Å². The maximum atomic E-state index is 13.8. The van der Waals surface area contributed by atoms with Gasteiger partial charge in [-0.1, -0.05) is 11.6 Å². The second-order valence-electron chi connectivity index (χ2n) is 4.54. The van der Waals surface area contributed by atoms with Crippen molar-refractivity contribution in [2.75, 3.05) is 6.54 Å². The molecule has 0 spiro atoms. The van der Waals surface area contributed by atoms with Crippen LogP contribution in [0.3, 0.4) is 0 Å². The Morgan fingerprint density at radius 3 is 2.70 bits per heavy atom. The molecule has 1 atom stereocenters. The maximum Gasteiger partial charge on any atom is 0.322 e. The van der Waals surface area contributed by atoms with Crippen molar-refractivity contribution >= 4 is 27.6 Å². The molecule has 0 aromatic heterocycles. The number of nitrogens with zero attached hydrogens (tertiary/aromatic N) is 1. The van der Waals surface area contributed by atoms with Gasteiger partial charge in [-0.15, -0.1) is 0 Å². The van der Waals surface area contributed by atoms with Gasteiger partial charge in [0.2, 0.25) is 10.0 Å². The van der Waals surface area contributed by atoms with Crippen molar-refractivity contribution < 1.29 is 22.7 Å². The zero-order valence-corrected chi connectivity index (χ0v) is 12.0. The normalized spacial score (nSPS) is 20.8. The third-order valence-corrected chi connectivity index (χ3v) is 5.40. The van der Waals surface area contributed by atoms with Crippen LogP contribution in [0.1, 0.15) is 19.3 Å². The molecule has 0 saturated carbocycles. The molecule has 2 rings (SSSR count). The highest BCUT2D eigenvalue weighted by Crippen LogP contribution is 2.28. The molecule has 0 amide bonds. The minimum absolute atomic E-state index is 0.0708. The molecule has 1 aromatic rings. The smallest absolute Gasteiger partial charge is 0.322 e. The highest BCUT2D eigenvalue weighted by Gasteiger charge is 2.38. The molecule has 110 valence electrons. The summed E-state index contributed by atoms with van der Waals surface area (Å²) in [4.78, 5) is 10.6. The Hall–Kier alpha value is -1.18. The number of sulfonamides is 1. The van der Waals surface area contributed by atoms with Gasteiger partial charge in [0, 0.05) is 11.6 Å². The fourth-order valence-electron chi connectivity index (χ4n) is 2.25. The van der Waals surface area contributed by atoms with Crippen LogP contribution >= 0.6 is 11.6 Å². The quantitative estimate of drug-likeness (QED) is 0.925. The number of carboxylic acids is 1. The molecule has 1 fully saturated rings. The summed E-state index contributed by atoms with van der Waals surface area (Å²) in [7, 11) is -4.18. The predicted molar refractivity (Wildman–Crippen MR) is 70.6 cm³/mol. The van der Waals surface area contributed by atoms with E-state index in [1.807, 2.05) is 0 Å². The zero-order valence-electron chi connectivity index (χ0n) is 10.4. The molecule has 0 radical (unpaired) electrons. The van der Waals surface area contributed by atoms with Crippen molar-refractivity contribution in [2.24, 2.45) is 0 Å². The lowest BCUT2D eigenvalue weighted by Crippen LogP contribution is -2.48. The van der Waals surface area contributed by atoms with Crippen LogP contribution in [-0.2, 0) is 14.8 Å². The standard InChI is InChI=1S/C12H13ClFNO4S/c13-8-4-5-11(9(14)7-8)20(18,19)15-6-2-1-3-10(15)12(16)17/h4-5,7,10H,1-3,6H2,(H,16,17)/t10-/m1/s1. The molecule has 1 saturated heterocycles. The lowest BCUT2D eigenvalue weighted by Gasteiger charge is -2.31. The summed E-state index contributed by atoms with van der Waals surface area (Å²) in [6.07, 6.45) is 1.41. The van der Waals surface area contributed by atoms with E-state index in [0.29, 0.717) is 12.8 Å². The van der Waals surface area contributed by atoms with Crippen LogP contribution in [0, 0.1) is 5.82 Å². The summed E-state index contributed by atoms with van der Waals surface area (Å²) in [5.74, 6) is -2.20. The van der Waals surface area contributed by atoms with E-state index in [1.54, 1.807) is 0 Å². The molecule has 1 aromatic carbocycles. The molecule has 0 aliphatic carbocycles. The lowest BCUT2D eigenvalue weighted by atomic mass is 10.1. The summed E-state index contributed by atoms with van der Waals surface area (Å²) in [5.41, 5.74) is 0. The molecule has 8 heteroatoms. The molecular formula is C12H13ClFNO4S. The second-order valence-corrected chi connectivity index (χ2v) is 6.84. The van der Waals surface area contributed by atoms with Gasteiger partial charge in [0.15, 0.2) is 0 Å². The van der Waals surface area contributed by atoms with Crippen LogP contribution in [0.4, 0.5) is 4.39 Å². The molecule has 1 N–H and O–H groups in total. The van der Waals surface area contributed by atoms with Crippen LogP contribution in [-0.4, -0.2) is 36.4 Å². The molecular weight excluding hydrogens is 309 g/mol. The molecule has 5 nitrogen and oxygen atoms in total. The van der Waals surface area contributed by atoms with Gasteiger partial charge in [-0.05, 0) is 37.5 Å². The Bertz CT molecular complexity index is 634. The fraction of sp³-hybridized carbons (Fsp3) is 0.417. The van der Waals surface area contributed by atoms with Crippen molar-refractivity contribution in [3.8, 4) is 0 Å². The highest BCUT2D eigenvalue weighted by atomic mass is 35.5. The van der Waals surface area contributed by atoms with Gasteiger partial charge in [-0.2, -0.15) is 4.31 Å². The number of carboxylic acid groups (broad SMARTS) is 1. The first-order chi connectivity index (χ1) is 9.34. The zero-order chi connectivity index (χ0) is 14.9. The number of aliphatic carboxylic acids is 1. The first kappa shape index (κ1) is 15.2. The van der Waals surface area contributed by atoms with E-state index in [9.17, 15) is 17.6 Å². The summed E-state index contributed by atoms with van der Waals surface area (Å²) in [5, 5.41) is 9.19. The Morgan fingerprint density at radius 1 is 1.40 bits per heavy atom. The van der Waals surface area contributed by atoms with E-state index < -0.39 is 32.7 Å².